The summed E-state index contributed by atoms with van der Waals surface area (Å²) in [7, 11) is 2.20. The molecule has 4 heteroatoms. The van der Waals surface area contributed by atoms with E-state index in [1.807, 2.05) is 6.07 Å². The molecular formula is C13H20ClN3. The van der Waals surface area contributed by atoms with Gasteiger partial charge in [0.2, 0.25) is 0 Å². The topological polar surface area (TPSA) is 28.2 Å². The molecule has 2 heterocycles. The van der Waals surface area contributed by atoms with Crippen molar-refractivity contribution >= 4 is 11.6 Å². The largest absolute Gasteiger partial charge is 0.310 e. The van der Waals surface area contributed by atoms with E-state index >= 15 is 0 Å². The van der Waals surface area contributed by atoms with E-state index in [2.05, 4.69) is 29.2 Å². The summed E-state index contributed by atoms with van der Waals surface area (Å²) in [6.45, 7) is 4.29. The van der Waals surface area contributed by atoms with E-state index in [-0.39, 0.29) is 0 Å². The smallest absolute Gasteiger partial charge is 0.0634 e. The first kappa shape index (κ1) is 12.8. The molecule has 2 rings (SSSR count). The monoisotopic (exact) mass is 253 g/mol. The van der Waals surface area contributed by atoms with E-state index in [1.165, 1.54) is 19.4 Å². The van der Waals surface area contributed by atoms with E-state index in [1.54, 1.807) is 12.4 Å². The first-order chi connectivity index (χ1) is 8.16. The van der Waals surface area contributed by atoms with Gasteiger partial charge in [-0.2, -0.15) is 0 Å². The van der Waals surface area contributed by atoms with Crippen molar-refractivity contribution in [3.05, 3.63) is 29.0 Å². The highest BCUT2D eigenvalue weighted by molar-refractivity contribution is 6.31. The third-order valence-corrected chi connectivity index (χ3v) is 3.99. The lowest BCUT2D eigenvalue weighted by Crippen LogP contribution is -2.45. The molecule has 1 fully saturated rings. The van der Waals surface area contributed by atoms with Crippen LogP contribution in [0.1, 0.15) is 25.3 Å². The quantitative estimate of drug-likeness (QED) is 0.896. The van der Waals surface area contributed by atoms with Gasteiger partial charge in [-0.15, -0.1) is 0 Å². The highest BCUT2D eigenvalue weighted by Gasteiger charge is 2.22. The van der Waals surface area contributed by atoms with Crippen molar-refractivity contribution < 1.29 is 0 Å². The highest BCUT2D eigenvalue weighted by Crippen LogP contribution is 2.17. The first-order valence-electron chi connectivity index (χ1n) is 6.19. The Hall–Kier alpha value is -0.640. The molecule has 1 aromatic heterocycles. The predicted molar refractivity (Wildman–Crippen MR) is 71.2 cm³/mol. The maximum atomic E-state index is 6.08. The molecule has 1 aliphatic heterocycles. The minimum Gasteiger partial charge on any atom is -0.310 e. The molecule has 0 saturated carbocycles. The average molecular weight is 254 g/mol. The Balaban J connectivity index is 1.85. The fourth-order valence-electron chi connectivity index (χ4n) is 2.28. The van der Waals surface area contributed by atoms with E-state index < -0.39 is 0 Å². The Morgan fingerprint density at radius 2 is 2.41 bits per heavy atom. The van der Waals surface area contributed by atoms with Crippen LogP contribution in [0.15, 0.2) is 18.5 Å². The van der Waals surface area contributed by atoms with Gasteiger partial charge in [-0.25, -0.2) is 0 Å². The predicted octanol–water partition coefficient (Wildman–Crippen LogP) is 2.31. The van der Waals surface area contributed by atoms with Crippen LogP contribution in [0, 0.1) is 0 Å². The third kappa shape index (κ3) is 3.41. The number of rotatable bonds is 3. The molecule has 0 amide bonds. The lowest BCUT2D eigenvalue weighted by atomic mass is 9.99. The van der Waals surface area contributed by atoms with Gasteiger partial charge in [0.1, 0.15) is 0 Å². The van der Waals surface area contributed by atoms with E-state index in [4.69, 9.17) is 11.6 Å². The van der Waals surface area contributed by atoms with E-state index in [9.17, 15) is 0 Å². The highest BCUT2D eigenvalue weighted by atomic mass is 35.5. The molecule has 1 N–H and O–H groups in total. The van der Waals surface area contributed by atoms with Crippen LogP contribution in [0.3, 0.4) is 0 Å². The zero-order valence-electron chi connectivity index (χ0n) is 10.5. The normalized spacial score (nSPS) is 26.1. The van der Waals surface area contributed by atoms with Crippen LogP contribution in [-0.2, 0) is 6.54 Å². The summed E-state index contributed by atoms with van der Waals surface area (Å²) in [6.07, 6.45) is 5.92. The zero-order chi connectivity index (χ0) is 12.3. The average Bonchev–Trinajstić information content (AvgIpc) is 2.32. The van der Waals surface area contributed by atoms with Crippen LogP contribution in [0.4, 0.5) is 0 Å². The SMILES string of the molecule is CC1CC(NCc2ccncc2Cl)CCN1C. The molecule has 94 valence electrons. The van der Waals surface area contributed by atoms with Gasteiger partial charge >= 0.3 is 0 Å². The Morgan fingerprint density at radius 1 is 1.59 bits per heavy atom. The van der Waals surface area contributed by atoms with Gasteiger partial charge in [-0.1, -0.05) is 11.6 Å². The van der Waals surface area contributed by atoms with E-state index in [0.717, 1.165) is 17.1 Å². The molecule has 0 aromatic carbocycles. The molecule has 3 nitrogen and oxygen atoms in total. The van der Waals surface area contributed by atoms with Crippen molar-refractivity contribution in [1.82, 2.24) is 15.2 Å². The molecule has 17 heavy (non-hydrogen) atoms. The summed E-state index contributed by atoms with van der Waals surface area (Å²) < 4.78 is 0. The van der Waals surface area contributed by atoms with Gasteiger partial charge in [0.05, 0.1) is 5.02 Å². The number of halogens is 1. The second kappa shape index (κ2) is 5.80. The van der Waals surface area contributed by atoms with E-state index in [0.29, 0.717) is 12.1 Å². The molecule has 0 bridgehead atoms. The second-order valence-electron chi connectivity index (χ2n) is 4.90. The summed E-state index contributed by atoms with van der Waals surface area (Å²) in [5, 5.41) is 4.34. The third-order valence-electron chi connectivity index (χ3n) is 3.65. The van der Waals surface area contributed by atoms with Crippen molar-refractivity contribution in [2.75, 3.05) is 13.6 Å². The van der Waals surface area contributed by atoms with Crippen molar-refractivity contribution in [3.8, 4) is 0 Å². The minimum absolute atomic E-state index is 0.602. The summed E-state index contributed by atoms with van der Waals surface area (Å²) in [5.41, 5.74) is 1.13. The lowest BCUT2D eigenvalue weighted by molar-refractivity contribution is 0.168. The number of likely N-dealkylation sites (tertiary alicyclic amines) is 1. The van der Waals surface area contributed by atoms with Crippen molar-refractivity contribution in [1.29, 1.82) is 0 Å². The summed E-state index contributed by atoms with van der Waals surface area (Å²) in [6, 6.07) is 3.24. The minimum atomic E-state index is 0.602. The molecular weight excluding hydrogens is 234 g/mol. The Kier molecular flexibility index (Phi) is 4.37. The number of hydrogen-bond donors (Lipinski definition) is 1. The second-order valence-corrected chi connectivity index (χ2v) is 5.31. The molecule has 0 spiro atoms. The number of hydrogen-bond acceptors (Lipinski definition) is 3. The number of pyridine rings is 1. The number of aromatic nitrogens is 1. The zero-order valence-corrected chi connectivity index (χ0v) is 11.2. The van der Waals surface area contributed by atoms with Gasteiger partial charge < -0.3 is 10.2 Å². The van der Waals surface area contributed by atoms with Gasteiger partial charge in [-0.3, -0.25) is 4.98 Å². The van der Waals surface area contributed by atoms with Crippen LogP contribution in [0.2, 0.25) is 5.02 Å². The molecule has 2 unspecified atom stereocenters. The van der Waals surface area contributed by atoms with Crippen LogP contribution in [0.25, 0.3) is 0 Å². The fraction of sp³-hybridized carbons (Fsp3) is 0.615. The Labute approximate surface area is 108 Å². The summed E-state index contributed by atoms with van der Waals surface area (Å²) in [4.78, 5) is 6.41. The van der Waals surface area contributed by atoms with Gasteiger partial charge in [0, 0.05) is 31.0 Å². The van der Waals surface area contributed by atoms with Gasteiger partial charge in [-0.05, 0) is 45.0 Å². The van der Waals surface area contributed by atoms with Gasteiger partial charge in [0.25, 0.3) is 0 Å². The van der Waals surface area contributed by atoms with Gasteiger partial charge in [0.15, 0.2) is 0 Å². The maximum Gasteiger partial charge on any atom is 0.0634 e. The van der Waals surface area contributed by atoms with Crippen molar-refractivity contribution in [3.63, 3.8) is 0 Å². The number of piperidine rings is 1. The van der Waals surface area contributed by atoms with Crippen molar-refractivity contribution in [2.45, 2.75) is 38.4 Å². The molecule has 1 saturated heterocycles. The number of nitrogens with zero attached hydrogens (tertiary/aromatic N) is 2. The van der Waals surface area contributed by atoms with Crippen LogP contribution >= 0.6 is 11.6 Å². The summed E-state index contributed by atoms with van der Waals surface area (Å²) >= 11 is 6.08. The Morgan fingerprint density at radius 3 is 3.12 bits per heavy atom. The van der Waals surface area contributed by atoms with Crippen LogP contribution < -0.4 is 5.32 Å². The molecule has 1 aliphatic rings. The molecule has 2 atom stereocenters. The Bertz CT molecular complexity index is 369. The summed E-state index contributed by atoms with van der Waals surface area (Å²) in [5.74, 6) is 0. The molecule has 0 aliphatic carbocycles. The fourth-order valence-corrected chi connectivity index (χ4v) is 2.46. The van der Waals surface area contributed by atoms with Crippen LogP contribution in [-0.4, -0.2) is 35.6 Å². The maximum absolute atomic E-state index is 6.08. The standard InChI is InChI=1S/C13H20ClN3/c1-10-7-12(4-6-17(10)2)16-8-11-3-5-15-9-13(11)14/h3,5,9-10,12,16H,4,6-8H2,1-2H3. The first-order valence-corrected chi connectivity index (χ1v) is 6.56. The van der Waals surface area contributed by atoms with Crippen LogP contribution in [0.5, 0.6) is 0 Å². The van der Waals surface area contributed by atoms with Crippen molar-refractivity contribution in [2.24, 2.45) is 0 Å². The number of nitrogens with one attached hydrogen (secondary N) is 1. The lowest BCUT2D eigenvalue weighted by Gasteiger charge is -2.35. The molecule has 1 aromatic rings. The molecule has 0 radical (unpaired) electrons.